The maximum Gasteiger partial charge on any atom is 0.222 e. The van der Waals surface area contributed by atoms with Crippen molar-refractivity contribution >= 4 is 5.91 Å². The Hall–Kier alpha value is -0.610. The zero-order valence-corrected chi connectivity index (χ0v) is 11.1. The third-order valence-electron chi connectivity index (χ3n) is 4.34. The summed E-state index contributed by atoms with van der Waals surface area (Å²) in [5.41, 5.74) is 0. The SMILES string of the molecule is O=C(CCCC1CCCCC1)N1CC(O)C(O)C1. The summed E-state index contributed by atoms with van der Waals surface area (Å²) in [5.74, 6) is 0.905. The van der Waals surface area contributed by atoms with Crippen LogP contribution in [0.25, 0.3) is 0 Å². The number of carbonyl (C=O) groups is 1. The molecule has 4 heteroatoms. The molecule has 2 fully saturated rings. The highest BCUT2D eigenvalue weighted by molar-refractivity contribution is 5.76. The van der Waals surface area contributed by atoms with Gasteiger partial charge in [-0.2, -0.15) is 0 Å². The maximum absolute atomic E-state index is 11.9. The van der Waals surface area contributed by atoms with Crippen LogP contribution >= 0.6 is 0 Å². The van der Waals surface area contributed by atoms with E-state index in [1.165, 1.54) is 32.1 Å². The predicted octanol–water partition coefficient (Wildman–Crippen LogP) is 1.30. The molecule has 1 saturated carbocycles. The largest absolute Gasteiger partial charge is 0.388 e. The number of hydrogen-bond acceptors (Lipinski definition) is 3. The van der Waals surface area contributed by atoms with Gasteiger partial charge >= 0.3 is 0 Å². The summed E-state index contributed by atoms with van der Waals surface area (Å²) in [7, 11) is 0. The topological polar surface area (TPSA) is 60.8 Å². The lowest BCUT2D eigenvalue weighted by atomic mass is 9.86. The maximum atomic E-state index is 11.9. The number of nitrogens with zero attached hydrogens (tertiary/aromatic N) is 1. The van der Waals surface area contributed by atoms with Crippen LogP contribution in [0.2, 0.25) is 0 Å². The molecular weight excluding hydrogens is 230 g/mol. The van der Waals surface area contributed by atoms with Gasteiger partial charge in [-0.1, -0.05) is 32.1 Å². The molecule has 2 atom stereocenters. The lowest BCUT2D eigenvalue weighted by Gasteiger charge is -2.21. The quantitative estimate of drug-likeness (QED) is 0.796. The van der Waals surface area contributed by atoms with E-state index in [1.54, 1.807) is 4.90 Å². The smallest absolute Gasteiger partial charge is 0.222 e. The first-order valence-corrected chi connectivity index (χ1v) is 7.30. The highest BCUT2D eigenvalue weighted by Gasteiger charge is 2.32. The molecular formula is C14H25NO3. The number of amides is 1. The van der Waals surface area contributed by atoms with Gasteiger partial charge in [0.1, 0.15) is 0 Å². The van der Waals surface area contributed by atoms with Gasteiger partial charge in [0.05, 0.1) is 12.2 Å². The molecule has 0 aromatic rings. The molecule has 2 N–H and O–H groups in total. The fraction of sp³-hybridized carbons (Fsp3) is 0.929. The number of aliphatic hydroxyl groups excluding tert-OH is 2. The van der Waals surface area contributed by atoms with E-state index in [1.807, 2.05) is 0 Å². The third-order valence-corrected chi connectivity index (χ3v) is 4.34. The minimum Gasteiger partial charge on any atom is -0.388 e. The molecule has 2 rings (SSSR count). The number of rotatable bonds is 4. The van der Waals surface area contributed by atoms with Gasteiger partial charge in [-0.25, -0.2) is 0 Å². The van der Waals surface area contributed by atoms with Crippen LogP contribution in [0.15, 0.2) is 0 Å². The Morgan fingerprint density at radius 2 is 1.67 bits per heavy atom. The van der Waals surface area contributed by atoms with Crippen LogP contribution in [0.1, 0.15) is 51.4 Å². The monoisotopic (exact) mass is 255 g/mol. The number of aliphatic hydroxyl groups is 2. The van der Waals surface area contributed by atoms with Gasteiger partial charge in [0.2, 0.25) is 5.91 Å². The molecule has 1 saturated heterocycles. The Kier molecular flexibility index (Phi) is 5.01. The van der Waals surface area contributed by atoms with Crippen molar-refractivity contribution in [3.63, 3.8) is 0 Å². The van der Waals surface area contributed by atoms with Gasteiger partial charge in [0.25, 0.3) is 0 Å². The van der Waals surface area contributed by atoms with Crippen molar-refractivity contribution in [2.45, 2.75) is 63.6 Å². The summed E-state index contributed by atoms with van der Waals surface area (Å²) in [6, 6.07) is 0. The normalized spacial score (nSPS) is 29.8. The van der Waals surface area contributed by atoms with Crippen molar-refractivity contribution in [1.29, 1.82) is 0 Å². The molecule has 0 radical (unpaired) electrons. The van der Waals surface area contributed by atoms with Crippen LogP contribution in [-0.2, 0) is 4.79 Å². The van der Waals surface area contributed by atoms with E-state index in [2.05, 4.69) is 0 Å². The van der Waals surface area contributed by atoms with Gasteiger partial charge in [0.15, 0.2) is 0 Å². The van der Waals surface area contributed by atoms with Gasteiger partial charge in [0, 0.05) is 19.5 Å². The Morgan fingerprint density at radius 1 is 1.06 bits per heavy atom. The molecule has 104 valence electrons. The molecule has 0 aromatic heterocycles. The van der Waals surface area contributed by atoms with E-state index in [-0.39, 0.29) is 5.91 Å². The fourth-order valence-electron chi connectivity index (χ4n) is 3.15. The van der Waals surface area contributed by atoms with Crippen LogP contribution in [0, 0.1) is 5.92 Å². The third kappa shape index (κ3) is 3.69. The highest BCUT2D eigenvalue weighted by atomic mass is 16.3. The molecule has 1 heterocycles. The van der Waals surface area contributed by atoms with E-state index in [4.69, 9.17) is 0 Å². The molecule has 18 heavy (non-hydrogen) atoms. The molecule has 0 aromatic carbocycles. The summed E-state index contributed by atoms with van der Waals surface area (Å²) >= 11 is 0. The Balaban J connectivity index is 1.62. The lowest BCUT2D eigenvalue weighted by molar-refractivity contribution is -0.130. The van der Waals surface area contributed by atoms with Gasteiger partial charge in [-0.3, -0.25) is 4.79 Å². The minimum atomic E-state index is -0.757. The second-order valence-electron chi connectivity index (χ2n) is 5.83. The Morgan fingerprint density at radius 3 is 2.28 bits per heavy atom. The Bertz CT molecular complexity index is 266. The first-order valence-electron chi connectivity index (χ1n) is 7.30. The van der Waals surface area contributed by atoms with Gasteiger partial charge < -0.3 is 15.1 Å². The van der Waals surface area contributed by atoms with Crippen LogP contribution < -0.4 is 0 Å². The van der Waals surface area contributed by atoms with Crippen molar-refractivity contribution in [2.24, 2.45) is 5.92 Å². The number of β-amino-alcohol motifs (C(OH)–C–C–N with tert-alkyl or cyclic N) is 2. The van der Waals surface area contributed by atoms with Crippen molar-refractivity contribution in [3.8, 4) is 0 Å². The second kappa shape index (κ2) is 6.53. The standard InChI is InChI=1S/C14H25NO3/c16-12-9-15(10-13(12)17)14(18)8-4-7-11-5-2-1-3-6-11/h11-13,16-17H,1-10H2. The number of carbonyl (C=O) groups excluding carboxylic acids is 1. The zero-order chi connectivity index (χ0) is 13.0. The van der Waals surface area contributed by atoms with Crippen molar-refractivity contribution in [1.82, 2.24) is 4.90 Å². The van der Waals surface area contributed by atoms with Crippen LogP contribution in [0.5, 0.6) is 0 Å². The molecule has 0 spiro atoms. The zero-order valence-electron chi connectivity index (χ0n) is 11.1. The van der Waals surface area contributed by atoms with E-state index < -0.39 is 12.2 Å². The molecule has 4 nitrogen and oxygen atoms in total. The van der Waals surface area contributed by atoms with E-state index in [9.17, 15) is 15.0 Å². The number of hydrogen-bond donors (Lipinski definition) is 2. The van der Waals surface area contributed by atoms with Gasteiger partial charge in [-0.15, -0.1) is 0 Å². The van der Waals surface area contributed by atoms with Gasteiger partial charge in [-0.05, 0) is 18.8 Å². The summed E-state index contributed by atoms with van der Waals surface area (Å²) in [6.45, 7) is 0.590. The van der Waals surface area contributed by atoms with Crippen molar-refractivity contribution in [3.05, 3.63) is 0 Å². The summed E-state index contributed by atoms with van der Waals surface area (Å²) in [5, 5.41) is 18.8. The van der Waals surface area contributed by atoms with Crippen LogP contribution in [-0.4, -0.2) is 46.3 Å². The second-order valence-corrected chi connectivity index (χ2v) is 5.83. The summed E-state index contributed by atoms with van der Waals surface area (Å²) in [4.78, 5) is 13.5. The van der Waals surface area contributed by atoms with Crippen molar-refractivity contribution < 1.29 is 15.0 Å². The van der Waals surface area contributed by atoms with E-state index in [0.29, 0.717) is 19.5 Å². The minimum absolute atomic E-state index is 0.0846. The number of likely N-dealkylation sites (tertiary alicyclic amines) is 1. The highest BCUT2D eigenvalue weighted by Crippen LogP contribution is 2.27. The van der Waals surface area contributed by atoms with E-state index in [0.717, 1.165) is 18.8 Å². The molecule has 0 bridgehead atoms. The molecule has 1 aliphatic heterocycles. The van der Waals surface area contributed by atoms with Crippen molar-refractivity contribution in [2.75, 3.05) is 13.1 Å². The molecule has 1 aliphatic carbocycles. The molecule has 2 unspecified atom stereocenters. The molecule has 1 amide bonds. The lowest BCUT2D eigenvalue weighted by Crippen LogP contribution is -2.29. The first kappa shape index (κ1) is 13.8. The average molecular weight is 255 g/mol. The predicted molar refractivity (Wildman–Crippen MR) is 69.0 cm³/mol. The summed E-state index contributed by atoms with van der Waals surface area (Å²) < 4.78 is 0. The fourth-order valence-corrected chi connectivity index (χ4v) is 3.15. The molecule has 2 aliphatic rings. The Labute approximate surface area is 109 Å². The van der Waals surface area contributed by atoms with E-state index >= 15 is 0 Å². The first-order chi connectivity index (χ1) is 8.66. The van der Waals surface area contributed by atoms with Crippen LogP contribution in [0.4, 0.5) is 0 Å². The average Bonchev–Trinajstić information content (AvgIpc) is 2.71. The summed E-state index contributed by atoms with van der Waals surface area (Å²) in [6.07, 6.45) is 7.89. The van der Waals surface area contributed by atoms with Crippen LogP contribution in [0.3, 0.4) is 0 Å².